The fraction of sp³-hybridized carbons (Fsp3) is 0.438. The second kappa shape index (κ2) is 7.24. The fourth-order valence-corrected chi connectivity index (χ4v) is 3.87. The van der Waals surface area contributed by atoms with Gasteiger partial charge < -0.3 is 15.4 Å². The number of hydrogen-bond acceptors (Lipinski definition) is 7. The number of amides is 2. The van der Waals surface area contributed by atoms with Gasteiger partial charge in [-0.25, -0.2) is 9.78 Å². The lowest BCUT2D eigenvalue weighted by Gasteiger charge is -2.05. The van der Waals surface area contributed by atoms with Gasteiger partial charge in [0.05, 0.1) is 11.9 Å². The molecule has 0 radical (unpaired) electrons. The van der Waals surface area contributed by atoms with Crippen molar-refractivity contribution in [2.24, 2.45) is 0 Å². The number of rotatable bonds is 5. The van der Waals surface area contributed by atoms with E-state index in [4.69, 9.17) is 4.74 Å². The Morgan fingerprint density at radius 2 is 2.08 bits per heavy atom. The van der Waals surface area contributed by atoms with Crippen LogP contribution >= 0.6 is 11.3 Å². The van der Waals surface area contributed by atoms with E-state index in [1.54, 1.807) is 11.5 Å². The quantitative estimate of drug-likeness (QED) is 0.692. The third-order valence-electron chi connectivity index (χ3n) is 4.16. The largest absolute Gasteiger partial charge is 0.451 e. The van der Waals surface area contributed by atoms with Crippen LogP contribution in [0.2, 0.25) is 0 Å². The molecule has 0 saturated heterocycles. The molecule has 1 aliphatic rings. The first kappa shape index (κ1) is 18.1. The number of nitrogens with one attached hydrogen (secondary N) is 2. The molecule has 0 aromatic carbocycles. The van der Waals surface area contributed by atoms with Crippen LogP contribution in [0.25, 0.3) is 10.2 Å². The van der Waals surface area contributed by atoms with Crippen molar-refractivity contribution in [3.63, 3.8) is 0 Å². The van der Waals surface area contributed by atoms with Crippen LogP contribution in [-0.2, 0) is 27.3 Å². The van der Waals surface area contributed by atoms with Gasteiger partial charge in [-0.05, 0) is 18.9 Å². The van der Waals surface area contributed by atoms with Crippen LogP contribution in [0, 0.1) is 6.92 Å². The normalized spacial score (nSPS) is 12.7. The van der Waals surface area contributed by atoms with Crippen molar-refractivity contribution in [3.8, 4) is 0 Å². The average Bonchev–Trinajstić information content (AvgIpc) is 3.22. The second-order valence-corrected chi connectivity index (χ2v) is 6.85. The molecule has 138 valence electrons. The van der Waals surface area contributed by atoms with Gasteiger partial charge in [-0.15, -0.1) is 11.3 Å². The molecule has 2 aromatic heterocycles. The lowest BCUT2D eigenvalue weighted by molar-refractivity contribution is -0.127. The topological polar surface area (TPSA) is 119 Å². The summed E-state index contributed by atoms with van der Waals surface area (Å²) in [4.78, 5) is 52.8. The van der Waals surface area contributed by atoms with Crippen molar-refractivity contribution in [1.29, 1.82) is 0 Å². The van der Waals surface area contributed by atoms with Crippen molar-refractivity contribution in [2.45, 2.75) is 26.3 Å². The Kier molecular flexibility index (Phi) is 5.03. The van der Waals surface area contributed by atoms with Gasteiger partial charge in [0.25, 0.3) is 11.5 Å². The zero-order valence-corrected chi connectivity index (χ0v) is 15.2. The van der Waals surface area contributed by atoms with Crippen LogP contribution in [0.3, 0.4) is 0 Å². The smallest absolute Gasteiger partial charge is 0.349 e. The summed E-state index contributed by atoms with van der Waals surface area (Å²) < 4.78 is 6.64. The van der Waals surface area contributed by atoms with Crippen LogP contribution in [0.5, 0.6) is 0 Å². The Balaban J connectivity index is 1.74. The number of ether oxygens (including phenoxy) is 1. The van der Waals surface area contributed by atoms with Crippen molar-refractivity contribution in [2.75, 3.05) is 20.2 Å². The van der Waals surface area contributed by atoms with Gasteiger partial charge in [0, 0.05) is 20.0 Å². The molecule has 0 bridgehead atoms. The first-order chi connectivity index (χ1) is 12.4. The minimum atomic E-state index is -0.690. The van der Waals surface area contributed by atoms with E-state index in [-0.39, 0.29) is 22.9 Å². The molecule has 2 aromatic rings. The number of thiophene rings is 1. The molecule has 2 amide bonds. The highest BCUT2D eigenvalue weighted by atomic mass is 32.1. The molecule has 1 aliphatic heterocycles. The van der Waals surface area contributed by atoms with Gasteiger partial charge in [-0.2, -0.15) is 0 Å². The van der Waals surface area contributed by atoms with E-state index >= 15 is 0 Å². The first-order valence-electron chi connectivity index (χ1n) is 8.09. The number of aryl methyl sites for hydroxylation is 2. The van der Waals surface area contributed by atoms with Gasteiger partial charge in [0.15, 0.2) is 6.61 Å². The van der Waals surface area contributed by atoms with Gasteiger partial charge >= 0.3 is 5.97 Å². The minimum Gasteiger partial charge on any atom is -0.451 e. The predicted octanol–water partition coefficient (Wildman–Crippen LogP) is -0.268. The summed E-state index contributed by atoms with van der Waals surface area (Å²) >= 11 is 1.09. The monoisotopic (exact) mass is 378 g/mol. The zero-order chi connectivity index (χ0) is 18.8. The Labute approximate surface area is 152 Å². The SMILES string of the molecule is CNC(=O)CNC(=O)COC(=O)c1sc2nc3n(c(=O)c2c1C)CCC3. The fourth-order valence-electron chi connectivity index (χ4n) is 2.78. The van der Waals surface area contributed by atoms with Gasteiger partial charge in [-0.3, -0.25) is 19.0 Å². The lowest BCUT2D eigenvalue weighted by Crippen LogP contribution is -2.37. The molecular formula is C16H18N4O5S. The molecule has 9 nitrogen and oxygen atoms in total. The summed E-state index contributed by atoms with van der Waals surface area (Å²) in [7, 11) is 1.45. The number of carbonyl (C=O) groups is 3. The summed E-state index contributed by atoms with van der Waals surface area (Å²) in [6.45, 7) is 1.61. The number of fused-ring (bicyclic) bond motifs is 2. The molecule has 0 spiro atoms. The van der Waals surface area contributed by atoms with Gasteiger partial charge in [0.1, 0.15) is 15.5 Å². The number of likely N-dealkylation sites (N-methyl/N-ethyl adjacent to an activating group) is 1. The highest BCUT2D eigenvalue weighted by Gasteiger charge is 2.24. The molecule has 0 atom stereocenters. The van der Waals surface area contributed by atoms with Crippen LogP contribution in [-0.4, -0.2) is 47.5 Å². The average molecular weight is 378 g/mol. The van der Waals surface area contributed by atoms with Gasteiger partial charge in [-0.1, -0.05) is 0 Å². The Morgan fingerprint density at radius 1 is 1.31 bits per heavy atom. The number of aromatic nitrogens is 2. The minimum absolute atomic E-state index is 0.140. The van der Waals surface area contributed by atoms with E-state index in [0.717, 1.165) is 30.0 Å². The molecule has 10 heteroatoms. The maximum absolute atomic E-state index is 12.6. The van der Waals surface area contributed by atoms with E-state index in [0.29, 0.717) is 22.3 Å². The second-order valence-electron chi connectivity index (χ2n) is 5.85. The van der Waals surface area contributed by atoms with Gasteiger partial charge in [0.2, 0.25) is 5.91 Å². The van der Waals surface area contributed by atoms with Crippen LogP contribution < -0.4 is 16.2 Å². The third-order valence-corrected chi connectivity index (χ3v) is 5.32. The maximum atomic E-state index is 12.6. The van der Waals surface area contributed by atoms with Crippen molar-refractivity contribution >= 4 is 39.3 Å². The Bertz CT molecular complexity index is 962. The van der Waals surface area contributed by atoms with E-state index < -0.39 is 18.5 Å². The first-order valence-corrected chi connectivity index (χ1v) is 8.91. The summed E-state index contributed by atoms with van der Waals surface area (Å²) in [5.74, 6) is -0.898. The number of esters is 1. The van der Waals surface area contributed by atoms with Crippen LogP contribution in [0.4, 0.5) is 0 Å². The Hall–Kier alpha value is -2.75. The van der Waals surface area contributed by atoms with Crippen LogP contribution in [0.1, 0.15) is 27.5 Å². The van der Waals surface area contributed by atoms with Crippen molar-refractivity contribution < 1.29 is 19.1 Å². The molecule has 0 fully saturated rings. The van der Waals surface area contributed by atoms with Crippen molar-refractivity contribution in [1.82, 2.24) is 20.2 Å². The van der Waals surface area contributed by atoms with Crippen LogP contribution in [0.15, 0.2) is 4.79 Å². The molecule has 3 rings (SSSR count). The summed E-state index contributed by atoms with van der Waals surface area (Å²) in [6, 6.07) is 0. The number of hydrogen-bond donors (Lipinski definition) is 2. The molecule has 26 heavy (non-hydrogen) atoms. The van der Waals surface area contributed by atoms with E-state index in [1.165, 1.54) is 7.05 Å². The third kappa shape index (κ3) is 3.32. The highest BCUT2D eigenvalue weighted by Crippen LogP contribution is 2.29. The molecular weight excluding hydrogens is 360 g/mol. The molecule has 0 saturated carbocycles. The maximum Gasteiger partial charge on any atom is 0.349 e. The van der Waals surface area contributed by atoms with E-state index in [2.05, 4.69) is 15.6 Å². The Morgan fingerprint density at radius 3 is 2.81 bits per heavy atom. The number of nitrogens with zero attached hydrogens (tertiary/aromatic N) is 2. The lowest BCUT2D eigenvalue weighted by atomic mass is 10.2. The summed E-state index contributed by atoms with van der Waals surface area (Å²) in [5, 5.41) is 5.12. The summed E-state index contributed by atoms with van der Waals surface area (Å²) in [5.41, 5.74) is 0.374. The summed E-state index contributed by atoms with van der Waals surface area (Å²) in [6.07, 6.45) is 1.63. The molecule has 0 aliphatic carbocycles. The number of carbonyl (C=O) groups excluding carboxylic acids is 3. The van der Waals surface area contributed by atoms with E-state index in [9.17, 15) is 19.2 Å². The van der Waals surface area contributed by atoms with Crippen molar-refractivity contribution in [3.05, 3.63) is 26.6 Å². The highest BCUT2D eigenvalue weighted by molar-refractivity contribution is 7.20. The standard InChI is InChI=1S/C16H18N4O5S/c1-8-12-14(19-9-4-3-5-20(9)15(12)23)26-13(8)16(24)25-7-11(22)18-6-10(21)17-2/h3-7H2,1-2H3,(H,17,21)(H,18,22). The molecule has 0 unspecified atom stereocenters. The zero-order valence-electron chi connectivity index (χ0n) is 14.4. The van der Waals surface area contributed by atoms with E-state index in [1.807, 2.05) is 0 Å². The molecule has 3 heterocycles. The molecule has 2 N–H and O–H groups in total. The predicted molar refractivity (Wildman–Crippen MR) is 94.3 cm³/mol.